The van der Waals surface area contributed by atoms with Gasteiger partial charge in [0, 0.05) is 18.1 Å². The minimum atomic E-state index is 0.0518. The van der Waals surface area contributed by atoms with E-state index in [1.807, 2.05) is 0 Å². The highest BCUT2D eigenvalue weighted by Crippen LogP contribution is 2.34. The minimum absolute atomic E-state index is 0.0518. The molecule has 126 valence electrons. The first-order valence-electron chi connectivity index (χ1n) is 9.32. The van der Waals surface area contributed by atoms with E-state index in [2.05, 4.69) is 29.6 Å². The third kappa shape index (κ3) is 3.33. The molecule has 22 heavy (non-hydrogen) atoms. The standard InChI is InChI=1S/C18H33N3O/c1-21(2)18(10-6-3-7-11-18)13-19-17(22)16-12-14-8-4-5-9-15(14)20-16/h14-16,20H,3-13H2,1-2H3,(H,19,22). The molecule has 2 saturated carbocycles. The second-order valence-electron chi connectivity index (χ2n) is 8.00. The molecular weight excluding hydrogens is 274 g/mol. The summed E-state index contributed by atoms with van der Waals surface area (Å²) >= 11 is 0. The lowest BCUT2D eigenvalue weighted by Gasteiger charge is -2.43. The molecule has 1 saturated heterocycles. The van der Waals surface area contributed by atoms with Gasteiger partial charge in [-0.2, -0.15) is 0 Å². The summed E-state index contributed by atoms with van der Waals surface area (Å²) in [6, 6.07) is 0.651. The summed E-state index contributed by atoms with van der Waals surface area (Å²) in [7, 11) is 4.33. The van der Waals surface area contributed by atoms with Crippen LogP contribution in [0.4, 0.5) is 0 Å². The molecule has 0 aromatic rings. The molecule has 0 aromatic carbocycles. The van der Waals surface area contributed by atoms with Gasteiger partial charge in [-0.1, -0.05) is 32.1 Å². The second-order valence-corrected chi connectivity index (χ2v) is 8.00. The van der Waals surface area contributed by atoms with Gasteiger partial charge in [0.15, 0.2) is 0 Å². The Bertz CT molecular complexity index is 376. The molecule has 4 nitrogen and oxygen atoms in total. The number of hydrogen-bond donors (Lipinski definition) is 2. The molecule has 4 heteroatoms. The monoisotopic (exact) mass is 307 g/mol. The Kier molecular flexibility index (Phi) is 5.08. The zero-order valence-electron chi connectivity index (χ0n) is 14.4. The number of carbonyl (C=O) groups excluding carboxylic acids is 1. The normalized spacial score (nSPS) is 34.4. The van der Waals surface area contributed by atoms with Crippen LogP contribution >= 0.6 is 0 Å². The Labute approximate surface area is 135 Å². The molecule has 3 unspecified atom stereocenters. The average molecular weight is 307 g/mol. The van der Waals surface area contributed by atoms with Crippen LogP contribution in [0.5, 0.6) is 0 Å². The van der Waals surface area contributed by atoms with Crippen LogP contribution in [0, 0.1) is 5.92 Å². The van der Waals surface area contributed by atoms with Crippen molar-refractivity contribution >= 4 is 5.91 Å². The average Bonchev–Trinajstić information content (AvgIpc) is 2.97. The zero-order chi connectivity index (χ0) is 15.6. The molecule has 0 radical (unpaired) electrons. The first kappa shape index (κ1) is 16.3. The lowest BCUT2D eigenvalue weighted by molar-refractivity contribution is -0.123. The van der Waals surface area contributed by atoms with Crippen LogP contribution in [0.1, 0.15) is 64.2 Å². The van der Waals surface area contributed by atoms with E-state index < -0.39 is 0 Å². The predicted octanol–water partition coefficient (Wildman–Crippen LogP) is 2.29. The Morgan fingerprint density at radius 1 is 1.14 bits per heavy atom. The van der Waals surface area contributed by atoms with Gasteiger partial charge in [0.05, 0.1) is 6.04 Å². The van der Waals surface area contributed by atoms with E-state index in [4.69, 9.17) is 0 Å². The van der Waals surface area contributed by atoms with Crippen molar-refractivity contribution in [1.29, 1.82) is 0 Å². The van der Waals surface area contributed by atoms with Crippen molar-refractivity contribution in [2.45, 2.75) is 81.8 Å². The maximum atomic E-state index is 12.6. The SMILES string of the molecule is CN(C)C1(CNC(=O)C2CC3CCCCC3N2)CCCCC1. The van der Waals surface area contributed by atoms with Gasteiger partial charge in [-0.05, 0) is 52.1 Å². The summed E-state index contributed by atoms with van der Waals surface area (Å²) in [6.45, 7) is 0.812. The third-order valence-electron chi connectivity index (χ3n) is 6.50. The fourth-order valence-electron chi connectivity index (χ4n) is 4.89. The molecular formula is C18H33N3O. The third-order valence-corrected chi connectivity index (χ3v) is 6.50. The first-order valence-corrected chi connectivity index (χ1v) is 9.32. The van der Waals surface area contributed by atoms with Gasteiger partial charge < -0.3 is 15.5 Å². The van der Waals surface area contributed by atoms with Crippen molar-refractivity contribution in [1.82, 2.24) is 15.5 Å². The fraction of sp³-hybridized carbons (Fsp3) is 0.944. The van der Waals surface area contributed by atoms with E-state index in [1.165, 1.54) is 57.8 Å². The number of nitrogens with one attached hydrogen (secondary N) is 2. The van der Waals surface area contributed by atoms with Gasteiger partial charge in [-0.25, -0.2) is 0 Å². The van der Waals surface area contributed by atoms with Gasteiger partial charge in [0.1, 0.15) is 0 Å². The summed E-state index contributed by atoms with van der Waals surface area (Å²) in [5.41, 5.74) is 0.180. The molecule has 3 atom stereocenters. The maximum absolute atomic E-state index is 12.6. The molecule has 3 rings (SSSR count). The smallest absolute Gasteiger partial charge is 0.237 e. The van der Waals surface area contributed by atoms with Gasteiger partial charge in [-0.15, -0.1) is 0 Å². The van der Waals surface area contributed by atoms with Crippen molar-refractivity contribution in [3.8, 4) is 0 Å². The summed E-state index contributed by atoms with van der Waals surface area (Å²) in [5.74, 6) is 0.975. The van der Waals surface area contributed by atoms with E-state index in [1.54, 1.807) is 0 Å². The number of rotatable bonds is 4. The Hall–Kier alpha value is -0.610. The van der Waals surface area contributed by atoms with Crippen molar-refractivity contribution in [2.75, 3.05) is 20.6 Å². The van der Waals surface area contributed by atoms with Crippen molar-refractivity contribution < 1.29 is 4.79 Å². The highest BCUT2D eigenvalue weighted by Gasteiger charge is 2.39. The van der Waals surface area contributed by atoms with Gasteiger partial charge in [0.2, 0.25) is 5.91 Å². The quantitative estimate of drug-likeness (QED) is 0.837. The number of carbonyl (C=O) groups is 1. The molecule has 1 heterocycles. The Balaban J connectivity index is 1.53. The summed E-state index contributed by atoms with van der Waals surface area (Å²) in [4.78, 5) is 14.9. The van der Waals surface area contributed by atoms with Crippen LogP contribution in [0.3, 0.4) is 0 Å². The van der Waals surface area contributed by atoms with Crippen LogP contribution in [-0.2, 0) is 4.79 Å². The molecule has 0 bridgehead atoms. The van der Waals surface area contributed by atoms with Crippen LogP contribution in [0.25, 0.3) is 0 Å². The Morgan fingerprint density at radius 3 is 2.55 bits per heavy atom. The highest BCUT2D eigenvalue weighted by atomic mass is 16.2. The van der Waals surface area contributed by atoms with E-state index >= 15 is 0 Å². The zero-order valence-corrected chi connectivity index (χ0v) is 14.4. The Morgan fingerprint density at radius 2 is 1.86 bits per heavy atom. The van der Waals surface area contributed by atoms with Crippen LogP contribution in [0.15, 0.2) is 0 Å². The van der Waals surface area contributed by atoms with Crippen LogP contribution < -0.4 is 10.6 Å². The molecule has 2 aliphatic carbocycles. The minimum Gasteiger partial charge on any atom is -0.353 e. The predicted molar refractivity (Wildman–Crippen MR) is 89.8 cm³/mol. The summed E-state index contributed by atoms with van der Waals surface area (Å²) in [5, 5.41) is 6.88. The van der Waals surface area contributed by atoms with E-state index in [0.29, 0.717) is 6.04 Å². The topological polar surface area (TPSA) is 44.4 Å². The lowest BCUT2D eigenvalue weighted by Crippen LogP contribution is -2.55. The molecule has 0 spiro atoms. The molecule has 2 N–H and O–H groups in total. The number of fused-ring (bicyclic) bond motifs is 1. The maximum Gasteiger partial charge on any atom is 0.237 e. The lowest BCUT2D eigenvalue weighted by atomic mass is 9.80. The summed E-state index contributed by atoms with van der Waals surface area (Å²) < 4.78 is 0. The van der Waals surface area contributed by atoms with Gasteiger partial charge in [0.25, 0.3) is 0 Å². The number of likely N-dealkylation sites (N-methyl/N-ethyl adjacent to an activating group) is 1. The van der Waals surface area contributed by atoms with Gasteiger partial charge >= 0.3 is 0 Å². The molecule has 3 aliphatic rings. The number of amides is 1. The van der Waals surface area contributed by atoms with Crippen molar-refractivity contribution in [3.63, 3.8) is 0 Å². The largest absolute Gasteiger partial charge is 0.353 e. The van der Waals surface area contributed by atoms with E-state index in [9.17, 15) is 4.79 Å². The van der Waals surface area contributed by atoms with Gasteiger partial charge in [-0.3, -0.25) is 4.79 Å². The van der Waals surface area contributed by atoms with Crippen molar-refractivity contribution in [3.05, 3.63) is 0 Å². The van der Waals surface area contributed by atoms with E-state index in [0.717, 1.165) is 18.9 Å². The summed E-state index contributed by atoms with van der Waals surface area (Å²) in [6.07, 6.45) is 12.6. The van der Waals surface area contributed by atoms with Crippen molar-refractivity contribution in [2.24, 2.45) is 5.92 Å². The van der Waals surface area contributed by atoms with Crippen LogP contribution in [0.2, 0.25) is 0 Å². The second kappa shape index (κ2) is 6.88. The molecule has 0 aromatic heterocycles. The molecule has 1 aliphatic heterocycles. The first-order chi connectivity index (χ1) is 10.6. The number of hydrogen-bond acceptors (Lipinski definition) is 3. The molecule has 1 amide bonds. The van der Waals surface area contributed by atoms with E-state index in [-0.39, 0.29) is 17.5 Å². The fourth-order valence-corrected chi connectivity index (χ4v) is 4.89. The van der Waals surface area contributed by atoms with Crippen LogP contribution in [-0.4, -0.2) is 49.1 Å². The molecule has 3 fully saturated rings. The number of nitrogens with zero attached hydrogens (tertiary/aromatic N) is 1. The highest BCUT2D eigenvalue weighted by molar-refractivity contribution is 5.82.